The second kappa shape index (κ2) is 4.27. The Kier molecular flexibility index (Phi) is 3.71. The van der Waals surface area contributed by atoms with Gasteiger partial charge in [0.2, 0.25) is 10.0 Å². The summed E-state index contributed by atoms with van der Waals surface area (Å²) in [7, 11) is -6.57. The fourth-order valence-corrected chi connectivity index (χ4v) is 5.55. The van der Waals surface area contributed by atoms with Crippen molar-refractivity contribution in [3.63, 3.8) is 0 Å². The van der Waals surface area contributed by atoms with Crippen molar-refractivity contribution < 1.29 is 16.8 Å². The van der Waals surface area contributed by atoms with E-state index in [9.17, 15) is 16.8 Å². The Labute approximate surface area is 97.4 Å². The van der Waals surface area contributed by atoms with E-state index in [2.05, 4.69) is 0 Å². The maximum atomic E-state index is 11.5. The van der Waals surface area contributed by atoms with Crippen LogP contribution in [-0.4, -0.2) is 34.1 Å². The van der Waals surface area contributed by atoms with E-state index < -0.39 is 25.3 Å². The van der Waals surface area contributed by atoms with E-state index in [4.69, 9.17) is 5.14 Å². The molecule has 96 valence electrons. The lowest BCUT2D eigenvalue weighted by Gasteiger charge is -2.35. The van der Waals surface area contributed by atoms with E-state index in [0.717, 1.165) is 6.42 Å². The lowest BCUT2D eigenvalue weighted by molar-refractivity contribution is 0.244. The number of hydrogen-bond donors (Lipinski definition) is 1. The van der Waals surface area contributed by atoms with Gasteiger partial charge >= 0.3 is 0 Å². The molecule has 7 heteroatoms. The molecule has 1 rings (SSSR count). The molecule has 1 fully saturated rings. The SMILES string of the molecule is CC(C)(CS(N)(=O)=O)C1CCCS(=O)(=O)C1. The molecule has 1 heterocycles. The number of primary sulfonamides is 1. The molecule has 5 nitrogen and oxygen atoms in total. The average Bonchev–Trinajstić information content (AvgIpc) is 1.97. The molecule has 1 aliphatic rings. The number of hydrogen-bond acceptors (Lipinski definition) is 4. The van der Waals surface area contributed by atoms with Gasteiger partial charge in [-0.1, -0.05) is 13.8 Å². The Morgan fingerprint density at radius 1 is 1.38 bits per heavy atom. The summed E-state index contributed by atoms with van der Waals surface area (Å²) in [6.07, 6.45) is 1.36. The van der Waals surface area contributed by atoms with E-state index in [1.54, 1.807) is 13.8 Å². The highest BCUT2D eigenvalue weighted by atomic mass is 32.2. The summed E-state index contributed by atoms with van der Waals surface area (Å²) in [6.45, 7) is 3.53. The van der Waals surface area contributed by atoms with Crippen LogP contribution in [0.5, 0.6) is 0 Å². The van der Waals surface area contributed by atoms with Crippen molar-refractivity contribution in [2.75, 3.05) is 17.3 Å². The highest BCUT2D eigenvalue weighted by molar-refractivity contribution is 7.91. The Bertz CT molecular complexity index is 450. The Hall–Kier alpha value is -0.140. The molecule has 2 N–H and O–H groups in total. The van der Waals surface area contributed by atoms with E-state index >= 15 is 0 Å². The largest absolute Gasteiger partial charge is 0.229 e. The third-order valence-corrected chi connectivity index (χ3v) is 6.11. The van der Waals surface area contributed by atoms with Crippen LogP contribution in [0.15, 0.2) is 0 Å². The molecule has 0 aromatic rings. The second-order valence-corrected chi connectivity index (χ2v) is 9.09. The van der Waals surface area contributed by atoms with Crippen LogP contribution in [-0.2, 0) is 19.9 Å². The van der Waals surface area contributed by atoms with Gasteiger partial charge in [-0.15, -0.1) is 0 Å². The Morgan fingerprint density at radius 2 is 1.94 bits per heavy atom. The Balaban J connectivity index is 2.84. The van der Waals surface area contributed by atoms with Gasteiger partial charge in [0.25, 0.3) is 0 Å². The van der Waals surface area contributed by atoms with Crippen molar-refractivity contribution in [2.24, 2.45) is 16.5 Å². The van der Waals surface area contributed by atoms with Crippen molar-refractivity contribution in [3.05, 3.63) is 0 Å². The summed E-state index contributed by atoms with van der Waals surface area (Å²) in [4.78, 5) is 0. The first-order valence-electron chi connectivity index (χ1n) is 5.23. The topological polar surface area (TPSA) is 94.3 Å². The third kappa shape index (κ3) is 4.03. The molecule has 0 amide bonds. The first kappa shape index (κ1) is 13.9. The van der Waals surface area contributed by atoms with Crippen LogP contribution in [0.2, 0.25) is 0 Å². The zero-order valence-corrected chi connectivity index (χ0v) is 11.3. The molecule has 0 aromatic heterocycles. The van der Waals surface area contributed by atoms with Gasteiger partial charge in [0.15, 0.2) is 9.84 Å². The zero-order chi connectivity index (χ0) is 12.6. The molecule has 1 aliphatic heterocycles. The number of rotatable bonds is 3. The molecule has 0 bridgehead atoms. The van der Waals surface area contributed by atoms with E-state index in [-0.39, 0.29) is 23.2 Å². The van der Waals surface area contributed by atoms with Gasteiger partial charge in [0, 0.05) is 0 Å². The summed E-state index contributed by atoms with van der Waals surface area (Å²) in [5, 5.41) is 5.02. The lowest BCUT2D eigenvalue weighted by atomic mass is 9.79. The first-order chi connectivity index (χ1) is 7.02. The van der Waals surface area contributed by atoms with Crippen LogP contribution in [0.25, 0.3) is 0 Å². The van der Waals surface area contributed by atoms with Gasteiger partial charge in [-0.05, 0) is 24.2 Å². The fourth-order valence-electron chi connectivity index (χ4n) is 2.28. The van der Waals surface area contributed by atoms with Gasteiger partial charge in [0.1, 0.15) is 0 Å². The summed E-state index contributed by atoms with van der Waals surface area (Å²) in [6, 6.07) is 0. The van der Waals surface area contributed by atoms with Gasteiger partial charge < -0.3 is 0 Å². The van der Waals surface area contributed by atoms with Crippen LogP contribution in [0, 0.1) is 11.3 Å². The summed E-state index contributed by atoms with van der Waals surface area (Å²) in [5.41, 5.74) is -0.582. The number of sulfonamides is 1. The zero-order valence-electron chi connectivity index (χ0n) is 9.64. The molecule has 1 saturated heterocycles. The standard InChI is InChI=1S/C9H19NO4S2/c1-9(2,7-16(10,13)14)8-4-3-5-15(11,12)6-8/h8H,3-7H2,1-2H3,(H2,10,13,14). The molecule has 0 aromatic carbocycles. The maximum Gasteiger partial charge on any atom is 0.209 e. The highest BCUT2D eigenvalue weighted by Crippen LogP contribution is 2.35. The van der Waals surface area contributed by atoms with Gasteiger partial charge in [0.05, 0.1) is 17.3 Å². The van der Waals surface area contributed by atoms with Crippen molar-refractivity contribution in [1.29, 1.82) is 0 Å². The van der Waals surface area contributed by atoms with Gasteiger partial charge in [-0.2, -0.15) is 0 Å². The summed E-state index contributed by atoms with van der Waals surface area (Å²) < 4.78 is 45.1. The van der Waals surface area contributed by atoms with Crippen LogP contribution in [0.1, 0.15) is 26.7 Å². The normalized spacial score (nSPS) is 26.6. The predicted molar refractivity (Wildman–Crippen MR) is 63.1 cm³/mol. The molecule has 0 saturated carbocycles. The van der Waals surface area contributed by atoms with Crippen molar-refractivity contribution in [3.8, 4) is 0 Å². The van der Waals surface area contributed by atoms with E-state index in [0.29, 0.717) is 6.42 Å². The lowest BCUT2D eigenvalue weighted by Crippen LogP contribution is -2.40. The van der Waals surface area contributed by atoms with Crippen molar-refractivity contribution in [1.82, 2.24) is 0 Å². The van der Waals surface area contributed by atoms with Crippen LogP contribution in [0.3, 0.4) is 0 Å². The maximum absolute atomic E-state index is 11.5. The second-order valence-electron chi connectivity index (χ2n) is 5.25. The minimum Gasteiger partial charge on any atom is -0.229 e. The smallest absolute Gasteiger partial charge is 0.209 e. The molecule has 1 atom stereocenters. The highest BCUT2D eigenvalue weighted by Gasteiger charge is 2.38. The van der Waals surface area contributed by atoms with Crippen molar-refractivity contribution >= 4 is 19.9 Å². The third-order valence-electron chi connectivity index (χ3n) is 3.14. The molecule has 0 spiro atoms. The fraction of sp³-hybridized carbons (Fsp3) is 1.00. The minimum absolute atomic E-state index is 0.0789. The van der Waals surface area contributed by atoms with Crippen LogP contribution >= 0.6 is 0 Å². The quantitative estimate of drug-likeness (QED) is 0.787. The monoisotopic (exact) mass is 269 g/mol. The molecule has 0 radical (unpaired) electrons. The summed E-state index contributed by atoms with van der Waals surface area (Å²) >= 11 is 0. The minimum atomic E-state index is -3.56. The molecule has 16 heavy (non-hydrogen) atoms. The number of sulfone groups is 1. The van der Waals surface area contributed by atoms with Crippen molar-refractivity contribution in [2.45, 2.75) is 26.7 Å². The van der Waals surface area contributed by atoms with Gasteiger partial charge in [-0.25, -0.2) is 22.0 Å². The molecular weight excluding hydrogens is 250 g/mol. The summed E-state index contributed by atoms with van der Waals surface area (Å²) in [5.74, 6) is 0.00886. The number of nitrogens with two attached hydrogens (primary N) is 1. The van der Waals surface area contributed by atoms with Gasteiger partial charge in [-0.3, -0.25) is 0 Å². The molecule has 0 aliphatic carbocycles. The molecule has 1 unspecified atom stereocenters. The molecular formula is C9H19NO4S2. The Morgan fingerprint density at radius 3 is 2.38 bits per heavy atom. The first-order valence-corrected chi connectivity index (χ1v) is 8.76. The van der Waals surface area contributed by atoms with E-state index in [1.165, 1.54) is 0 Å². The van der Waals surface area contributed by atoms with Crippen LogP contribution in [0.4, 0.5) is 0 Å². The average molecular weight is 269 g/mol. The van der Waals surface area contributed by atoms with E-state index in [1.807, 2.05) is 0 Å². The predicted octanol–water partition coefficient (Wildman–Crippen LogP) is 0.126. The van der Waals surface area contributed by atoms with Crippen LogP contribution < -0.4 is 5.14 Å².